The zero-order chi connectivity index (χ0) is 21.5. The van der Waals surface area contributed by atoms with Gasteiger partial charge in [0.25, 0.3) is 5.91 Å². The predicted molar refractivity (Wildman–Crippen MR) is 114 cm³/mol. The number of hydrogen-bond acceptors (Lipinski definition) is 4. The number of piperidine rings is 2. The fourth-order valence-electron chi connectivity index (χ4n) is 4.32. The van der Waals surface area contributed by atoms with Gasteiger partial charge in [0.2, 0.25) is 11.8 Å². The topological polar surface area (TPSA) is 79.0 Å². The van der Waals surface area contributed by atoms with Crippen LogP contribution in [0.5, 0.6) is 0 Å². The van der Waals surface area contributed by atoms with Crippen molar-refractivity contribution in [2.45, 2.75) is 45.1 Å². The van der Waals surface area contributed by atoms with Crippen molar-refractivity contribution >= 4 is 17.7 Å². The molecule has 3 rings (SSSR count). The third-order valence-corrected chi connectivity index (χ3v) is 6.17. The Morgan fingerprint density at radius 3 is 2.23 bits per heavy atom. The van der Waals surface area contributed by atoms with Crippen LogP contribution in [-0.4, -0.2) is 73.5 Å². The first kappa shape index (κ1) is 22.3. The molecular weight excluding hydrogens is 382 g/mol. The molecule has 0 aliphatic carbocycles. The first-order valence-electron chi connectivity index (χ1n) is 10.9. The van der Waals surface area contributed by atoms with Crippen LogP contribution < -0.4 is 5.32 Å². The molecule has 3 amide bonds. The number of nitrogens with one attached hydrogen (secondary N) is 1. The van der Waals surface area contributed by atoms with E-state index in [1.165, 1.54) is 7.11 Å². The van der Waals surface area contributed by atoms with Gasteiger partial charge < -0.3 is 19.9 Å². The van der Waals surface area contributed by atoms with E-state index in [0.717, 1.165) is 37.9 Å². The monoisotopic (exact) mass is 415 g/mol. The van der Waals surface area contributed by atoms with Crippen LogP contribution in [0.3, 0.4) is 0 Å². The van der Waals surface area contributed by atoms with Crippen molar-refractivity contribution in [2.24, 2.45) is 5.92 Å². The molecule has 1 aromatic rings. The number of amides is 3. The van der Waals surface area contributed by atoms with Crippen LogP contribution in [-0.2, 0) is 14.3 Å². The second-order valence-corrected chi connectivity index (χ2v) is 8.35. The van der Waals surface area contributed by atoms with Crippen molar-refractivity contribution in [3.8, 4) is 0 Å². The molecule has 0 saturated carbocycles. The van der Waals surface area contributed by atoms with Crippen LogP contribution >= 0.6 is 0 Å². The van der Waals surface area contributed by atoms with E-state index in [9.17, 15) is 14.4 Å². The lowest BCUT2D eigenvalue weighted by molar-refractivity contribution is -0.138. The first-order chi connectivity index (χ1) is 14.5. The highest BCUT2D eigenvalue weighted by Gasteiger charge is 2.36. The summed E-state index contributed by atoms with van der Waals surface area (Å²) in [7, 11) is 1.51. The van der Waals surface area contributed by atoms with E-state index in [-0.39, 0.29) is 30.2 Å². The summed E-state index contributed by atoms with van der Waals surface area (Å²) in [5.41, 5.74) is 1.64. The van der Waals surface area contributed by atoms with Gasteiger partial charge in [-0.05, 0) is 57.1 Å². The van der Waals surface area contributed by atoms with Crippen molar-refractivity contribution in [2.75, 3.05) is 39.9 Å². The summed E-state index contributed by atoms with van der Waals surface area (Å²) in [6.07, 6.45) is 4.54. The van der Waals surface area contributed by atoms with E-state index in [4.69, 9.17) is 4.74 Å². The molecule has 1 aromatic carbocycles. The Morgan fingerprint density at radius 2 is 1.63 bits per heavy atom. The molecule has 1 N–H and O–H groups in total. The smallest absolute Gasteiger partial charge is 0.251 e. The molecule has 7 heteroatoms. The van der Waals surface area contributed by atoms with Gasteiger partial charge >= 0.3 is 0 Å². The lowest BCUT2D eigenvalue weighted by Gasteiger charge is -2.38. The molecule has 2 aliphatic rings. The number of hydrogen-bond donors (Lipinski definition) is 1. The van der Waals surface area contributed by atoms with E-state index >= 15 is 0 Å². The Balaban J connectivity index is 1.71. The normalized spacial score (nSPS) is 18.7. The molecule has 0 bridgehead atoms. The second kappa shape index (κ2) is 10.6. The number of ether oxygens (including phenoxy) is 1. The summed E-state index contributed by atoms with van der Waals surface area (Å²) in [6.45, 7) is 4.71. The molecule has 164 valence electrons. The van der Waals surface area contributed by atoms with E-state index in [1.54, 1.807) is 17.0 Å². The number of methoxy groups -OCH3 is 1. The zero-order valence-corrected chi connectivity index (χ0v) is 18.1. The molecule has 2 aliphatic heterocycles. The van der Waals surface area contributed by atoms with Crippen LogP contribution in [0.4, 0.5) is 0 Å². The van der Waals surface area contributed by atoms with Gasteiger partial charge in [0, 0.05) is 38.9 Å². The summed E-state index contributed by atoms with van der Waals surface area (Å²) in [4.78, 5) is 42.0. The van der Waals surface area contributed by atoms with Gasteiger partial charge in [-0.15, -0.1) is 0 Å². The molecule has 2 fully saturated rings. The quantitative estimate of drug-likeness (QED) is 0.771. The minimum atomic E-state index is -0.559. The summed E-state index contributed by atoms with van der Waals surface area (Å²) in [6, 6.07) is 6.82. The van der Waals surface area contributed by atoms with Gasteiger partial charge in [-0.2, -0.15) is 0 Å². The summed E-state index contributed by atoms with van der Waals surface area (Å²) >= 11 is 0. The Kier molecular flexibility index (Phi) is 7.85. The highest BCUT2D eigenvalue weighted by molar-refractivity contribution is 5.97. The number of nitrogens with zero attached hydrogens (tertiary/aromatic N) is 2. The van der Waals surface area contributed by atoms with Crippen LogP contribution in [0.15, 0.2) is 24.3 Å². The minimum Gasteiger partial charge on any atom is -0.375 e. The molecule has 2 heterocycles. The molecule has 0 spiro atoms. The lowest BCUT2D eigenvalue weighted by atomic mass is 9.87. The third kappa shape index (κ3) is 5.59. The SMILES string of the molecule is COCC(=O)N1CCC([C@@H](NC(=O)c2ccc(C)cc2)C(=O)N2CCCCC2)CC1. The van der Waals surface area contributed by atoms with Crippen molar-refractivity contribution in [1.82, 2.24) is 15.1 Å². The summed E-state index contributed by atoms with van der Waals surface area (Å²) in [5.74, 6) is -0.223. The average Bonchev–Trinajstić information content (AvgIpc) is 2.78. The number of carbonyl (C=O) groups is 3. The Labute approximate surface area is 178 Å². The van der Waals surface area contributed by atoms with Crippen molar-refractivity contribution in [3.63, 3.8) is 0 Å². The molecule has 30 heavy (non-hydrogen) atoms. The van der Waals surface area contributed by atoms with Gasteiger partial charge in [0.15, 0.2) is 0 Å². The van der Waals surface area contributed by atoms with Crippen LogP contribution in [0.2, 0.25) is 0 Å². The molecule has 0 unspecified atom stereocenters. The lowest BCUT2D eigenvalue weighted by Crippen LogP contribution is -2.55. The van der Waals surface area contributed by atoms with Crippen LogP contribution in [0, 0.1) is 12.8 Å². The molecule has 0 aromatic heterocycles. The summed E-state index contributed by atoms with van der Waals surface area (Å²) < 4.78 is 4.95. The fourth-order valence-corrected chi connectivity index (χ4v) is 4.32. The van der Waals surface area contributed by atoms with Crippen LogP contribution in [0.25, 0.3) is 0 Å². The maximum Gasteiger partial charge on any atom is 0.251 e. The predicted octanol–water partition coefficient (Wildman–Crippen LogP) is 1.99. The molecule has 7 nitrogen and oxygen atoms in total. The van der Waals surface area contributed by atoms with E-state index in [1.807, 2.05) is 24.0 Å². The first-order valence-corrected chi connectivity index (χ1v) is 10.9. The van der Waals surface area contributed by atoms with E-state index in [2.05, 4.69) is 5.32 Å². The largest absolute Gasteiger partial charge is 0.375 e. The van der Waals surface area contributed by atoms with Gasteiger partial charge in [0.1, 0.15) is 12.6 Å². The fraction of sp³-hybridized carbons (Fsp3) is 0.609. The Morgan fingerprint density at radius 1 is 1.00 bits per heavy atom. The van der Waals surface area contributed by atoms with E-state index in [0.29, 0.717) is 31.5 Å². The number of benzene rings is 1. The summed E-state index contributed by atoms with van der Waals surface area (Å²) in [5, 5.41) is 3.03. The minimum absolute atomic E-state index is 0.0110. The number of likely N-dealkylation sites (tertiary alicyclic amines) is 2. The average molecular weight is 416 g/mol. The second-order valence-electron chi connectivity index (χ2n) is 8.35. The van der Waals surface area contributed by atoms with Crippen LogP contribution in [0.1, 0.15) is 48.0 Å². The number of rotatable bonds is 6. The Bertz CT molecular complexity index is 735. The third-order valence-electron chi connectivity index (χ3n) is 6.17. The molecule has 0 radical (unpaired) electrons. The molecule has 1 atom stereocenters. The molecule has 2 saturated heterocycles. The Hall–Kier alpha value is -2.41. The van der Waals surface area contributed by atoms with Crippen molar-refractivity contribution in [1.29, 1.82) is 0 Å². The maximum absolute atomic E-state index is 13.3. The zero-order valence-electron chi connectivity index (χ0n) is 18.1. The van der Waals surface area contributed by atoms with Gasteiger partial charge in [-0.1, -0.05) is 17.7 Å². The number of aryl methyl sites for hydroxylation is 1. The maximum atomic E-state index is 13.3. The molecular formula is C23H33N3O4. The van der Waals surface area contributed by atoms with Gasteiger partial charge in [-0.3, -0.25) is 14.4 Å². The van der Waals surface area contributed by atoms with Crippen molar-refractivity contribution in [3.05, 3.63) is 35.4 Å². The van der Waals surface area contributed by atoms with Gasteiger partial charge in [-0.25, -0.2) is 0 Å². The number of carbonyl (C=O) groups excluding carboxylic acids is 3. The highest BCUT2D eigenvalue weighted by atomic mass is 16.5. The highest BCUT2D eigenvalue weighted by Crippen LogP contribution is 2.24. The van der Waals surface area contributed by atoms with E-state index < -0.39 is 6.04 Å². The van der Waals surface area contributed by atoms with Crippen molar-refractivity contribution < 1.29 is 19.1 Å². The standard InChI is InChI=1S/C23H33N3O4/c1-17-6-8-19(9-7-17)22(28)24-21(23(29)26-12-4-3-5-13-26)18-10-14-25(15-11-18)20(27)16-30-2/h6-9,18,21H,3-5,10-16H2,1-2H3,(H,24,28)/t21-/m1/s1. The van der Waals surface area contributed by atoms with Gasteiger partial charge in [0.05, 0.1) is 0 Å².